The highest BCUT2D eigenvalue weighted by Crippen LogP contribution is 2.42. The summed E-state index contributed by atoms with van der Waals surface area (Å²) in [6.45, 7) is 0.697. The van der Waals surface area contributed by atoms with E-state index in [0.717, 1.165) is 49.7 Å². The third-order valence-corrected chi connectivity index (χ3v) is 9.39. The summed E-state index contributed by atoms with van der Waals surface area (Å²) < 4.78 is 41.2. The first-order chi connectivity index (χ1) is 15.4. The molecule has 1 N–H and O–H groups in total. The van der Waals surface area contributed by atoms with Gasteiger partial charge in [0.1, 0.15) is 5.82 Å². The Balaban J connectivity index is 1.23. The van der Waals surface area contributed by atoms with Gasteiger partial charge in [-0.15, -0.1) is 0 Å². The van der Waals surface area contributed by atoms with E-state index in [1.54, 1.807) is 18.2 Å². The summed E-state index contributed by atoms with van der Waals surface area (Å²) >= 11 is 0. The Bertz CT molecular complexity index is 1120. The summed E-state index contributed by atoms with van der Waals surface area (Å²) in [5.41, 5.74) is 2.92. The minimum atomic E-state index is -3.54. The highest BCUT2D eigenvalue weighted by Gasteiger charge is 2.42. The Morgan fingerprint density at radius 1 is 0.969 bits per heavy atom. The number of carbonyl (C=O) groups excluding carboxylic acids is 1. The van der Waals surface area contributed by atoms with Crippen LogP contribution in [0.1, 0.15) is 55.2 Å². The van der Waals surface area contributed by atoms with Crippen LogP contribution in [0.3, 0.4) is 0 Å². The molecule has 0 atom stereocenters. The van der Waals surface area contributed by atoms with Crippen LogP contribution in [0.5, 0.6) is 0 Å². The smallest absolute Gasteiger partial charge is 0.243 e. The van der Waals surface area contributed by atoms with Crippen molar-refractivity contribution in [3.8, 4) is 0 Å². The average molecular weight is 457 g/mol. The van der Waals surface area contributed by atoms with Crippen LogP contribution >= 0.6 is 0 Å². The number of sulfonamides is 1. The molecule has 0 spiro atoms. The maximum atomic E-state index is 13.3. The molecule has 2 aromatic carbocycles. The average Bonchev–Trinajstić information content (AvgIpc) is 3.25. The van der Waals surface area contributed by atoms with Gasteiger partial charge in [0.05, 0.1) is 10.4 Å². The van der Waals surface area contributed by atoms with Crippen LogP contribution < -0.4 is 5.32 Å². The fraction of sp³-hybridized carbons (Fsp3) is 0.480. The maximum Gasteiger partial charge on any atom is 0.243 e. The van der Waals surface area contributed by atoms with Crippen LogP contribution in [0.2, 0.25) is 0 Å². The predicted molar refractivity (Wildman–Crippen MR) is 120 cm³/mol. The second-order valence-corrected chi connectivity index (χ2v) is 11.3. The second-order valence-electron chi connectivity index (χ2n) is 9.39. The lowest BCUT2D eigenvalue weighted by Gasteiger charge is -2.44. The molecule has 0 aromatic heterocycles. The molecule has 2 fully saturated rings. The molecule has 0 unspecified atom stereocenters. The van der Waals surface area contributed by atoms with Crippen molar-refractivity contribution in [2.45, 2.75) is 61.8 Å². The Morgan fingerprint density at radius 2 is 1.66 bits per heavy atom. The molecule has 0 radical (unpaired) electrons. The van der Waals surface area contributed by atoms with Crippen molar-refractivity contribution in [1.29, 1.82) is 0 Å². The van der Waals surface area contributed by atoms with E-state index in [0.29, 0.717) is 30.8 Å². The fourth-order valence-electron chi connectivity index (χ4n) is 5.34. The molecule has 0 bridgehead atoms. The van der Waals surface area contributed by atoms with E-state index >= 15 is 0 Å². The number of rotatable bonds is 5. The summed E-state index contributed by atoms with van der Waals surface area (Å²) in [7, 11) is -3.54. The Morgan fingerprint density at radius 3 is 2.31 bits per heavy atom. The molecule has 1 heterocycles. The summed E-state index contributed by atoms with van der Waals surface area (Å²) in [5, 5.41) is 3.22. The van der Waals surface area contributed by atoms with Crippen molar-refractivity contribution in [1.82, 2.24) is 9.62 Å². The topological polar surface area (TPSA) is 66.5 Å². The van der Waals surface area contributed by atoms with Crippen LogP contribution in [-0.2, 0) is 33.2 Å². The van der Waals surface area contributed by atoms with Crippen LogP contribution in [-0.4, -0.2) is 31.7 Å². The molecule has 5 rings (SSSR count). The highest BCUT2D eigenvalue weighted by molar-refractivity contribution is 7.89. The van der Waals surface area contributed by atoms with E-state index < -0.39 is 15.6 Å². The summed E-state index contributed by atoms with van der Waals surface area (Å²) in [5.74, 6) is -0.519. The number of nitrogens with zero attached hydrogens (tertiary/aromatic N) is 1. The molecule has 32 heavy (non-hydrogen) atoms. The number of fused-ring (bicyclic) bond motifs is 1. The first-order valence-electron chi connectivity index (χ1n) is 11.6. The van der Waals surface area contributed by atoms with Gasteiger partial charge < -0.3 is 5.32 Å². The number of amides is 1. The fourth-order valence-corrected chi connectivity index (χ4v) is 6.86. The first kappa shape index (κ1) is 21.6. The van der Waals surface area contributed by atoms with Gasteiger partial charge in [0.25, 0.3) is 0 Å². The zero-order valence-electron chi connectivity index (χ0n) is 18.1. The number of benzene rings is 2. The van der Waals surface area contributed by atoms with Crippen LogP contribution in [0.4, 0.5) is 4.39 Å². The molecule has 1 amide bonds. The quantitative estimate of drug-likeness (QED) is 0.742. The van der Waals surface area contributed by atoms with Gasteiger partial charge in [0.15, 0.2) is 0 Å². The van der Waals surface area contributed by atoms with Crippen molar-refractivity contribution in [3.63, 3.8) is 0 Å². The van der Waals surface area contributed by atoms with Crippen molar-refractivity contribution in [2.75, 3.05) is 13.1 Å². The molecular formula is C25H29FN2O3S. The predicted octanol–water partition coefficient (Wildman–Crippen LogP) is 3.91. The van der Waals surface area contributed by atoms with E-state index in [9.17, 15) is 17.6 Å². The van der Waals surface area contributed by atoms with Crippen LogP contribution in [0, 0.1) is 11.7 Å². The van der Waals surface area contributed by atoms with Crippen LogP contribution in [0.15, 0.2) is 47.4 Å². The SMILES string of the molecule is O=C(NC1(c2ccc(F)cc2)CCC1)C1CCN(S(=O)(=O)c2ccc3c(c2)CCC3)CC1. The summed E-state index contributed by atoms with van der Waals surface area (Å²) in [4.78, 5) is 13.4. The zero-order valence-corrected chi connectivity index (χ0v) is 19.0. The van der Waals surface area contributed by atoms with E-state index in [2.05, 4.69) is 5.32 Å². The lowest BCUT2D eigenvalue weighted by atomic mass is 9.71. The van der Waals surface area contributed by atoms with Gasteiger partial charge in [0, 0.05) is 19.0 Å². The normalized spacial score (nSPS) is 21.0. The first-order valence-corrected chi connectivity index (χ1v) is 13.0. The third kappa shape index (κ3) is 3.86. The second kappa shape index (κ2) is 8.27. The van der Waals surface area contributed by atoms with Crippen molar-refractivity contribution >= 4 is 15.9 Å². The molecule has 170 valence electrons. The molecule has 1 aliphatic heterocycles. The minimum Gasteiger partial charge on any atom is -0.346 e. The van der Waals surface area contributed by atoms with Crippen molar-refractivity contribution in [2.24, 2.45) is 5.92 Å². The zero-order chi connectivity index (χ0) is 22.3. The number of hydrogen-bond donors (Lipinski definition) is 1. The molecule has 2 aliphatic carbocycles. The molecular weight excluding hydrogens is 427 g/mol. The highest BCUT2D eigenvalue weighted by atomic mass is 32.2. The van der Waals surface area contributed by atoms with E-state index in [4.69, 9.17) is 0 Å². The number of aryl methyl sites for hydroxylation is 2. The monoisotopic (exact) mass is 456 g/mol. The number of halogens is 1. The Hall–Kier alpha value is -2.25. The van der Waals surface area contributed by atoms with Gasteiger partial charge in [-0.3, -0.25) is 4.79 Å². The molecule has 5 nitrogen and oxygen atoms in total. The van der Waals surface area contributed by atoms with E-state index in [1.807, 2.05) is 12.1 Å². The lowest BCUT2D eigenvalue weighted by Crippen LogP contribution is -2.53. The Labute approximate surface area is 189 Å². The standard InChI is InChI=1S/C25H29FN2O3S/c26-22-8-6-21(7-9-22)25(13-2-14-25)27-24(29)19-11-15-28(16-12-19)32(30,31)23-10-5-18-3-1-4-20(18)17-23/h5-10,17,19H,1-4,11-16H2,(H,27,29). The van der Waals surface area contributed by atoms with Gasteiger partial charge in [-0.05, 0) is 92.3 Å². The lowest BCUT2D eigenvalue weighted by molar-refractivity contribution is -0.129. The van der Waals surface area contributed by atoms with Gasteiger partial charge in [-0.25, -0.2) is 12.8 Å². The van der Waals surface area contributed by atoms with Crippen molar-refractivity contribution < 1.29 is 17.6 Å². The van der Waals surface area contributed by atoms with E-state index in [1.165, 1.54) is 22.0 Å². The molecule has 7 heteroatoms. The molecule has 1 saturated carbocycles. The molecule has 1 saturated heterocycles. The van der Waals surface area contributed by atoms with Crippen molar-refractivity contribution in [3.05, 3.63) is 65.0 Å². The Kier molecular flexibility index (Phi) is 5.58. The number of nitrogens with one attached hydrogen (secondary N) is 1. The summed E-state index contributed by atoms with van der Waals surface area (Å²) in [6, 6.07) is 11.9. The van der Waals surface area contributed by atoms with Gasteiger partial charge in [0.2, 0.25) is 15.9 Å². The number of carbonyl (C=O) groups is 1. The molecule has 2 aromatic rings. The summed E-state index contributed by atoms with van der Waals surface area (Å²) in [6.07, 6.45) is 6.77. The van der Waals surface area contributed by atoms with Gasteiger partial charge in [-0.2, -0.15) is 4.31 Å². The largest absolute Gasteiger partial charge is 0.346 e. The number of hydrogen-bond acceptors (Lipinski definition) is 3. The van der Waals surface area contributed by atoms with Gasteiger partial charge >= 0.3 is 0 Å². The maximum absolute atomic E-state index is 13.3. The number of piperidine rings is 1. The van der Waals surface area contributed by atoms with Gasteiger partial charge in [-0.1, -0.05) is 18.2 Å². The minimum absolute atomic E-state index is 0.0244. The van der Waals surface area contributed by atoms with E-state index in [-0.39, 0.29) is 17.6 Å². The van der Waals surface area contributed by atoms with Crippen LogP contribution in [0.25, 0.3) is 0 Å². The third-order valence-electron chi connectivity index (χ3n) is 7.50. The molecule has 3 aliphatic rings.